The SMILES string of the molecule is Cc1cccc2cc(CN(C(=S)NCCCN(C)C)C3CCCCC3)c(=O)[nH]c12. The first-order valence-corrected chi connectivity index (χ1v) is 11.2. The van der Waals surface area contributed by atoms with Gasteiger partial charge >= 0.3 is 0 Å². The molecule has 1 fully saturated rings. The molecule has 1 aromatic heterocycles. The van der Waals surface area contributed by atoms with Crippen LogP contribution in [0.4, 0.5) is 0 Å². The second-order valence-corrected chi connectivity index (χ2v) is 8.86. The molecule has 1 aliphatic carbocycles. The van der Waals surface area contributed by atoms with Crippen molar-refractivity contribution in [3.8, 4) is 0 Å². The lowest BCUT2D eigenvalue weighted by Crippen LogP contribution is -2.47. The normalized spacial score (nSPS) is 15.0. The number of para-hydroxylation sites is 1. The summed E-state index contributed by atoms with van der Waals surface area (Å²) in [6.07, 6.45) is 7.09. The first-order valence-electron chi connectivity index (χ1n) is 10.8. The van der Waals surface area contributed by atoms with Gasteiger partial charge in [-0.25, -0.2) is 0 Å². The lowest BCUT2D eigenvalue weighted by Gasteiger charge is -2.36. The van der Waals surface area contributed by atoms with Gasteiger partial charge in [0.25, 0.3) is 5.56 Å². The fourth-order valence-electron chi connectivity index (χ4n) is 4.18. The Morgan fingerprint density at radius 1 is 1.24 bits per heavy atom. The Hall–Kier alpha value is -1.92. The monoisotopic (exact) mass is 414 g/mol. The van der Waals surface area contributed by atoms with Gasteiger partial charge in [0, 0.05) is 18.2 Å². The molecule has 0 aliphatic heterocycles. The van der Waals surface area contributed by atoms with E-state index in [-0.39, 0.29) is 5.56 Å². The summed E-state index contributed by atoms with van der Waals surface area (Å²) in [5.41, 5.74) is 2.79. The highest BCUT2D eigenvalue weighted by Crippen LogP contribution is 2.24. The number of fused-ring (bicyclic) bond motifs is 1. The largest absolute Gasteiger partial charge is 0.363 e. The van der Waals surface area contributed by atoms with Crippen molar-refractivity contribution in [1.82, 2.24) is 20.1 Å². The number of nitrogens with zero attached hydrogens (tertiary/aromatic N) is 2. The van der Waals surface area contributed by atoms with Crippen LogP contribution < -0.4 is 10.9 Å². The number of aromatic amines is 1. The van der Waals surface area contributed by atoms with Crippen LogP contribution in [-0.2, 0) is 6.54 Å². The average molecular weight is 415 g/mol. The van der Waals surface area contributed by atoms with Gasteiger partial charge in [0.05, 0.1) is 12.1 Å². The molecule has 2 aromatic rings. The minimum absolute atomic E-state index is 0.0111. The van der Waals surface area contributed by atoms with E-state index >= 15 is 0 Å². The molecule has 0 saturated heterocycles. The minimum Gasteiger partial charge on any atom is -0.363 e. The summed E-state index contributed by atoms with van der Waals surface area (Å²) in [6.45, 7) is 4.47. The van der Waals surface area contributed by atoms with Crippen molar-refractivity contribution in [3.05, 3.63) is 45.7 Å². The van der Waals surface area contributed by atoms with E-state index in [0.29, 0.717) is 12.6 Å². The van der Waals surface area contributed by atoms with E-state index in [2.05, 4.69) is 40.3 Å². The summed E-state index contributed by atoms with van der Waals surface area (Å²) >= 11 is 5.78. The number of aryl methyl sites for hydroxylation is 1. The molecule has 0 atom stereocenters. The fourth-order valence-corrected chi connectivity index (χ4v) is 4.50. The molecule has 29 heavy (non-hydrogen) atoms. The maximum absolute atomic E-state index is 12.8. The molecule has 0 unspecified atom stereocenters. The zero-order valence-electron chi connectivity index (χ0n) is 18.0. The van der Waals surface area contributed by atoms with Crippen LogP contribution in [-0.4, -0.2) is 53.1 Å². The van der Waals surface area contributed by atoms with Crippen LogP contribution in [0.3, 0.4) is 0 Å². The maximum atomic E-state index is 12.8. The standard InChI is InChI=1S/C23H34N4OS/c1-17-9-7-10-18-15-19(22(28)25-21(17)18)16-27(20-11-5-4-6-12-20)23(29)24-13-8-14-26(2)3/h7,9-10,15,20H,4-6,8,11-14,16H2,1-3H3,(H,24,29)(H,25,28). The topological polar surface area (TPSA) is 51.4 Å². The summed E-state index contributed by atoms with van der Waals surface area (Å²) in [5, 5.41) is 5.29. The van der Waals surface area contributed by atoms with E-state index in [4.69, 9.17) is 12.2 Å². The van der Waals surface area contributed by atoms with E-state index in [1.807, 2.05) is 25.1 Å². The van der Waals surface area contributed by atoms with Gasteiger partial charge in [0.15, 0.2) is 5.11 Å². The summed E-state index contributed by atoms with van der Waals surface area (Å²) in [7, 11) is 4.17. The number of benzene rings is 1. The summed E-state index contributed by atoms with van der Waals surface area (Å²) < 4.78 is 0. The Kier molecular flexibility index (Phi) is 7.67. The van der Waals surface area contributed by atoms with Crippen LogP contribution in [0.25, 0.3) is 10.9 Å². The predicted molar refractivity (Wildman–Crippen MR) is 125 cm³/mol. The first kappa shape index (κ1) is 21.8. The van der Waals surface area contributed by atoms with Gasteiger partial charge in [-0.05, 0) is 76.1 Å². The average Bonchev–Trinajstić information content (AvgIpc) is 2.71. The Morgan fingerprint density at radius 2 is 2.00 bits per heavy atom. The molecule has 6 heteroatoms. The molecule has 1 aromatic carbocycles. The van der Waals surface area contributed by atoms with E-state index in [1.54, 1.807) is 0 Å². The number of hydrogen-bond donors (Lipinski definition) is 2. The number of nitrogens with one attached hydrogen (secondary N) is 2. The number of rotatable bonds is 7. The quantitative estimate of drug-likeness (QED) is 0.533. The number of hydrogen-bond acceptors (Lipinski definition) is 3. The highest BCUT2D eigenvalue weighted by Gasteiger charge is 2.24. The van der Waals surface area contributed by atoms with Crippen LogP contribution >= 0.6 is 12.2 Å². The lowest BCUT2D eigenvalue weighted by atomic mass is 9.94. The van der Waals surface area contributed by atoms with E-state index in [1.165, 1.54) is 19.3 Å². The molecular weight excluding hydrogens is 380 g/mol. The molecule has 0 bridgehead atoms. The molecule has 158 valence electrons. The van der Waals surface area contributed by atoms with E-state index in [0.717, 1.165) is 59.5 Å². The van der Waals surface area contributed by atoms with Gasteiger partial charge in [0.2, 0.25) is 0 Å². The number of pyridine rings is 1. The van der Waals surface area contributed by atoms with Crippen LogP contribution in [0.5, 0.6) is 0 Å². The van der Waals surface area contributed by atoms with E-state index in [9.17, 15) is 4.79 Å². The summed E-state index contributed by atoms with van der Waals surface area (Å²) in [4.78, 5) is 20.3. The third kappa shape index (κ3) is 5.80. The number of aromatic nitrogens is 1. The fraction of sp³-hybridized carbons (Fsp3) is 0.565. The van der Waals surface area contributed by atoms with Crippen LogP contribution in [0, 0.1) is 6.92 Å². The second-order valence-electron chi connectivity index (χ2n) is 8.47. The number of thiocarbonyl (C=S) groups is 1. The zero-order chi connectivity index (χ0) is 20.8. The third-order valence-electron chi connectivity index (χ3n) is 5.84. The summed E-state index contributed by atoms with van der Waals surface area (Å²) in [5.74, 6) is 0. The predicted octanol–water partition coefficient (Wildman–Crippen LogP) is 3.80. The molecule has 1 aliphatic rings. The van der Waals surface area contributed by atoms with Crippen molar-refractivity contribution >= 4 is 28.2 Å². The highest BCUT2D eigenvalue weighted by molar-refractivity contribution is 7.80. The molecule has 3 rings (SSSR count). The van der Waals surface area contributed by atoms with Gasteiger partial charge in [0.1, 0.15) is 0 Å². The lowest BCUT2D eigenvalue weighted by molar-refractivity contribution is 0.234. The van der Waals surface area contributed by atoms with Crippen molar-refractivity contribution in [2.75, 3.05) is 27.2 Å². The van der Waals surface area contributed by atoms with Crippen molar-refractivity contribution in [1.29, 1.82) is 0 Å². The van der Waals surface area contributed by atoms with Crippen molar-refractivity contribution in [2.45, 2.75) is 58.0 Å². The van der Waals surface area contributed by atoms with Gasteiger partial charge in [-0.3, -0.25) is 4.79 Å². The Labute approximate surface area is 179 Å². The van der Waals surface area contributed by atoms with Crippen LogP contribution in [0.15, 0.2) is 29.1 Å². The minimum atomic E-state index is -0.0111. The molecule has 2 N–H and O–H groups in total. The van der Waals surface area contributed by atoms with E-state index < -0.39 is 0 Å². The highest BCUT2D eigenvalue weighted by atomic mass is 32.1. The smallest absolute Gasteiger partial charge is 0.253 e. The van der Waals surface area contributed by atoms with Gasteiger partial charge in [-0.15, -0.1) is 0 Å². The molecule has 1 heterocycles. The Balaban J connectivity index is 1.79. The first-order chi connectivity index (χ1) is 14.0. The molecule has 1 saturated carbocycles. The van der Waals surface area contributed by atoms with Crippen LogP contribution in [0.1, 0.15) is 49.7 Å². The molecule has 0 radical (unpaired) electrons. The molecule has 0 amide bonds. The molecule has 5 nitrogen and oxygen atoms in total. The zero-order valence-corrected chi connectivity index (χ0v) is 18.8. The summed E-state index contributed by atoms with van der Waals surface area (Å²) in [6, 6.07) is 8.57. The number of H-pyrrole nitrogens is 1. The Bertz CT molecular complexity index is 886. The molecular formula is C23H34N4OS. The molecule has 0 spiro atoms. The second kappa shape index (κ2) is 10.2. The van der Waals surface area contributed by atoms with Crippen molar-refractivity contribution in [2.24, 2.45) is 0 Å². The van der Waals surface area contributed by atoms with Gasteiger partial charge in [-0.2, -0.15) is 0 Å². The van der Waals surface area contributed by atoms with Crippen LogP contribution in [0.2, 0.25) is 0 Å². The third-order valence-corrected chi connectivity index (χ3v) is 6.22. The Morgan fingerprint density at radius 3 is 2.72 bits per heavy atom. The maximum Gasteiger partial charge on any atom is 0.253 e. The van der Waals surface area contributed by atoms with Gasteiger partial charge < -0.3 is 20.1 Å². The van der Waals surface area contributed by atoms with Crippen molar-refractivity contribution < 1.29 is 0 Å². The van der Waals surface area contributed by atoms with Crippen molar-refractivity contribution in [3.63, 3.8) is 0 Å². The van der Waals surface area contributed by atoms with Gasteiger partial charge in [-0.1, -0.05) is 37.5 Å².